The average molecular weight is 223 g/mol. The fraction of sp³-hybridized carbons (Fsp3) is 1.00. The Kier molecular flexibility index (Phi) is 5.63. The van der Waals surface area contributed by atoms with Gasteiger partial charge in [0.25, 0.3) is 0 Å². The SMILES string of the molecule is CCC[C@H](CO)N(C)S(=O)(=O)C(C)C. The molecule has 1 atom stereocenters. The normalized spacial score (nSPS) is 15.1. The number of likely N-dealkylation sites (N-methyl/N-ethyl adjacent to an activating group) is 1. The molecule has 0 aromatic carbocycles. The van der Waals surface area contributed by atoms with E-state index in [1.807, 2.05) is 6.92 Å². The van der Waals surface area contributed by atoms with Crippen molar-refractivity contribution >= 4 is 10.0 Å². The summed E-state index contributed by atoms with van der Waals surface area (Å²) in [7, 11) is -1.70. The molecule has 0 heterocycles. The Balaban J connectivity index is 4.65. The van der Waals surface area contributed by atoms with Crippen LogP contribution in [0.15, 0.2) is 0 Å². The van der Waals surface area contributed by atoms with E-state index in [1.165, 1.54) is 11.4 Å². The molecule has 0 aliphatic carbocycles. The van der Waals surface area contributed by atoms with Crippen molar-refractivity contribution in [3.8, 4) is 0 Å². The van der Waals surface area contributed by atoms with Crippen LogP contribution >= 0.6 is 0 Å². The summed E-state index contributed by atoms with van der Waals surface area (Å²) in [5, 5.41) is 8.63. The second-order valence-corrected chi connectivity index (χ2v) is 6.28. The van der Waals surface area contributed by atoms with Crippen LogP contribution in [0.2, 0.25) is 0 Å². The minimum Gasteiger partial charge on any atom is -0.395 e. The molecule has 0 aliphatic heterocycles. The molecule has 0 radical (unpaired) electrons. The lowest BCUT2D eigenvalue weighted by Gasteiger charge is -2.27. The van der Waals surface area contributed by atoms with Gasteiger partial charge in [-0.3, -0.25) is 0 Å². The highest BCUT2D eigenvalue weighted by Crippen LogP contribution is 2.13. The van der Waals surface area contributed by atoms with E-state index in [4.69, 9.17) is 5.11 Å². The molecule has 0 bridgehead atoms. The monoisotopic (exact) mass is 223 g/mol. The fourth-order valence-corrected chi connectivity index (χ4v) is 2.51. The zero-order valence-electron chi connectivity index (χ0n) is 9.40. The maximum Gasteiger partial charge on any atom is 0.216 e. The third-order valence-corrected chi connectivity index (χ3v) is 4.64. The second kappa shape index (κ2) is 5.68. The van der Waals surface area contributed by atoms with E-state index in [1.54, 1.807) is 13.8 Å². The van der Waals surface area contributed by atoms with Crippen LogP contribution < -0.4 is 0 Å². The summed E-state index contributed by atoms with van der Waals surface area (Å²) in [6, 6.07) is -0.285. The summed E-state index contributed by atoms with van der Waals surface area (Å²) in [6.45, 7) is 5.15. The van der Waals surface area contributed by atoms with Gasteiger partial charge in [0.15, 0.2) is 0 Å². The number of hydrogen-bond acceptors (Lipinski definition) is 3. The molecule has 4 nitrogen and oxygen atoms in total. The van der Waals surface area contributed by atoms with E-state index in [0.29, 0.717) is 6.42 Å². The lowest BCUT2D eigenvalue weighted by atomic mass is 10.2. The summed E-state index contributed by atoms with van der Waals surface area (Å²) in [5.74, 6) is 0. The molecule has 0 aromatic heterocycles. The number of nitrogens with zero attached hydrogens (tertiary/aromatic N) is 1. The highest BCUT2D eigenvalue weighted by Gasteiger charge is 2.27. The molecule has 0 aliphatic rings. The van der Waals surface area contributed by atoms with Crippen LogP contribution in [0, 0.1) is 0 Å². The highest BCUT2D eigenvalue weighted by atomic mass is 32.2. The fourth-order valence-electron chi connectivity index (χ4n) is 1.26. The molecular weight excluding hydrogens is 202 g/mol. The van der Waals surface area contributed by atoms with Gasteiger partial charge in [0, 0.05) is 13.1 Å². The Hall–Kier alpha value is -0.130. The number of aliphatic hydroxyl groups excluding tert-OH is 1. The van der Waals surface area contributed by atoms with Crippen molar-refractivity contribution in [1.82, 2.24) is 4.31 Å². The van der Waals surface area contributed by atoms with Gasteiger partial charge in [-0.1, -0.05) is 13.3 Å². The van der Waals surface area contributed by atoms with Gasteiger partial charge >= 0.3 is 0 Å². The van der Waals surface area contributed by atoms with Gasteiger partial charge in [0.1, 0.15) is 0 Å². The molecule has 14 heavy (non-hydrogen) atoms. The van der Waals surface area contributed by atoms with E-state index < -0.39 is 15.3 Å². The van der Waals surface area contributed by atoms with Crippen molar-refractivity contribution in [1.29, 1.82) is 0 Å². The van der Waals surface area contributed by atoms with Gasteiger partial charge in [0.2, 0.25) is 10.0 Å². The molecule has 86 valence electrons. The van der Waals surface area contributed by atoms with Gasteiger partial charge in [0.05, 0.1) is 11.9 Å². The maximum atomic E-state index is 11.7. The highest BCUT2D eigenvalue weighted by molar-refractivity contribution is 7.89. The molecule has 0 saturated heterocycles. The van der Waals surface area contributed by atoms with Crippen molar-refractivity contribution in [2.24, 2.45) is 0 Å². The zero-order chi connectivity index (χ0) is 11.4. The number of sulfonamides is 1. The third-order valence-electron chi connectivity index (χ3n) is 2.34. The number of rotatable bonds is 6. The average Bonchev–Trinajstić information content (AvgIpc) is 2.12. The maximum absolute atomic E-state index is 11.7. The predicted octanol–water partition coefficient (Wildman–Crippen LogP) is 0.817. The number of hydrogen-bond donors (Lipinski definition) is 1. The Morgan fingerprint density at radius 1 is 1.36 bits per heavy atom. The van der Waals surface area contributed by atoms with Crippen molar-refractivity contribution < 1.29 is 13.5 Å². The topological polar surface area (TPSA) is 57.6 Å². The van der Waals surface area contributed by atoms with Crippen LogP contribution in [0.1, 0.15) is 33.6 Å². The summed E-state index contributed by atoms with van der Waals surface area (Å²) in [4.78, 5) is 0. The van der Waals surface area contributed by atoms with E-state index in [-0.39, 0.29) is 12.6 Å². The summed E-state index contributed by atoms with van der Waals surface area (Å²) < 4.78 is 24.7. The lowest BCUT2D eigenvalue weighted by molar-refractivity contribution is 0.193. The van der Waals surface area contributed by atoms with Gasteiger partial charge in [-0.2, -0.15) is 4.31 Å². The molecular formula is C9H21NO3S. The van der Waals surface area contributed by atoms with E-state index in [0.717, 1.165) is 6.42 Å². The van der Waals surface area contributed by atoms with Gasteiger partial charge in [-0.25, -0.2) is 8.42 Å². The Morgan fingerprint density at radius 3 is 2.14 bits per heavy atom. The Bertz CT molecular complexity index is 249. The molecule has 0 unspecified atom stereocenters. The first kappa shape index (κ1) is 13.9. The van der Waals surface area contributed by atoms with Crippen LogP contribution in [-0.4, -0.2) is 42.8 Å². The molecule has 0 rings (SSSR count). The van der Waals surface area contributed by atoms with Crippen molar-refractivity contribution in [2.45, 2.75) is 44.9 Å². The lowest BCUT2D eigenvalue weighted by Crippen LogP contribution is -2.42. The zero-order valence-corrected chi connectivity index (χ0v) is 10.2. The van der Waals surface area contributed by atoms with E-state index >= 15 is 0 Å². The summed E-state index contributed by atoms with van der Waals surface area (Å²) in [5.41, 5.74) is 0. The standard InChI is InChI=1S/C9H21NO3S/c1-5-6-9(7-11)10(4)14(12,13)8(2)3/h8-9,11H,5-7H2,1-4H3/t9-/m1/s1. The van der Waals surface area contributed by atoms with Crippen molar-refractivity contribution in [2.75, 3.05) is 13.7 Å². The molecule has 1 N–H and O–H groups in total. The van der Waals surface area contributed by atoms with Crippen molar-refractivity contribution in [3.63, 3.8) is 0 Å². The third kappa shape index (κ3) is 3.22. The van der Waals surface area contributed by atoms with Crippen LogP contribution in [0.3, 0.4) is 0 Å². The molecule has 0 amide bonds. The van der Waals surface area contributed by atoms with Gasteiger partial charge in [-0.15, -0.1) is 0 Å². The quantitative estimate of drug-likeness (QED) is 0.725. The van der Waals surface area contributed by atoms with Crippen LogP contribution in [0.25, 0.3) is 0 Å². The Labute approximate surface area is 87.0 Å². The Morgan fingerprint density at radius 2 is 1.86 bits per heavy atom. The molecule has 5 heteroatoms. The first-order chi connectivity index (χ1) is 6.37. The summed E-state index contributed by atoms with van der Waals surface area (Å²) >= 11 is 0. The van der Waals surface area contributed by atoms with Crippen LogP contribution in [0.5, 0.6) is 0 Å². The molecule has 0 saturated carbocycles. The molecule has 0 spiro atoms. The van der Waals surface area contributed by atoms with Crippen molar-refractivity contribution in [3.05, 3.63) is 0 Å². The molecule has 0 aromatic rings. The number of aliphatic hydroxyl groups is 1. The largest absolute Gasteiger partial charge is 0.395 e. The minimum absolute atomic E-state index is 0.115. The predicted molar refractivity (Wildman–Crippen MR) is 57.6 cm³/mol. The smallest absolute Gasteiger partial charge is 0.216 e. The molecule has 0 fully saturated rings. The van der Waals surface area contributed by atoms with E-state index in [2.05, 4.69) is 0 Å². The van der Waals surface area contributed by atoms with Gasteiger partial charge in [-0.05, 0) is 20.3 Å². The first-order valence-corrected chi connectivity index (χ1v) is 6.45. The van der Waals surface area contributed by atoms with Gasteiger partial charge < -0.3 is 5.11 Å². The van der Waals surface area contributed by atoms with Crippen LogP contribution in [0.4, 0.5) is 0 Å². The first-order valence-electron chi connectivity index (χ1n) is 4.95. The summed E-state index contributed by atoms with van der Waals surface area (Å²) in [6.07, 6.45) is 1.56. The van der Waals surface area contributed by atoms with E-state index in [9.17, 15) is 8.42 Å². The minimum atomic E-state index is -3.24. The second-order valence-electron chi connectivity index (χ2n) is 3.73. The van der Waals surface area contributed by atoms with Crippen LogP contribution in [-0.2, 0) is 10.0 Å².